The SMILES string of the molecule is CCCCCCNC(=O)C1=CC(c2ccc(C(C)(C)C)cc2)C(=O)C(C(=O)OCC)C=C(c2ccc(C(C)(C)C)cc2)C1=O. The molecule has 1 aliphatic carbocycles. The van der Waals surface area contributed by atoms with Gasteiger partial charge >= 0.3 is 5.97 Å². The number of hydrogen-bond donors (Lipinski definition) is 1. The second-order valence-corrected chi connectivity index (χ2v) is 13.6. The Morgan fingerprint density at radius 2 is 1.34 bits per heavy atom. The average molecular weight is 600 g/mol. The predicted octanol–water partition coefficient (Wildman–Crippen LogP) is 7.40. The van der Waals surface area contributed by atoms with Gasteiger partial charge in [0.1, 0.15) is 5.92 Å². The lowest BCUT2D eigenvalue weighted by Crippen LogP contribution is -2.35. The van der Waals surface area contributed by atoms with E-state index in [-0.39, 0.29) is 28.6 Å². The highest BCUT2D eigenvalue weighted by Gasteiger charge is 2.38. The van der Waals surface area contributed by atoms with Gasteiger partial charge in [0.15, 0.2) is 11.6 Å². The second kappa shape index (κ2) is 14.8. The van der Waals surface area contributed by atoms with Crippen molar-refractivity contribution in [3.63, 3.8) is 0 Å². The predicted molar refractivity (Wildman–Crippen MR) is 176 cm³/mol. The van der Waals surface area contributed by atoms with Crippen LogP contribution in [0.15, 0.2) is 66.3 Å². The van der Waals surface area contributed by atoms with Crippen LogP contribution >= 0.6 is 0 Å². The van der Waals surface area contributed by atoms with Gasteiger partial charge in [0.05, 0.1) is 18.1 Å². The number of ether oxygens (including phenoxy) is 1. The second-order valence-electron chi connectivity index (χ2n) is 13.6. The third-order valence-corrected chi connectivity index (χ3v) is 8.07. The molecule has 3 rings (SSSR count). The molecule has 236 valence electrons. The van der Waals surface area contributed by atoms with Gasteiger partial charge in [-0.15, -0.1) is 0 Å². The van der Waals surface area contributed by atoms with Gasteiger partial charge in [0.25, 0.3) is 5.91 Å². The number of rotatable bonds is 10. The molecule has 0 bridgehead atoms. The van der Waals surface area contributed by atoms with Crippen LogP contribution in [0.25, 0.3) is 5.57 Å². The summed E-state index contributed by atoms with van der Waals surface area (Å²) in [5.41, 5.74) is 3.08. The molecular weight excluding hydrogens is 550 g/mol. The first-order chi connectivity index (χ1) is 20.7. The van der Waals surface area contributed by atoms with Crippen LogP contribution in [0, 0.1) is 5.92 Å². The molecule has 44 heavy (non-hydrogen) atoms. The Kier molecular flexibility index (Phi) is 11.7. The van der Waals surface area contributed by atoms with E-state index < -0.39 is 35.3 Å². The van der Waals surface area contributed by atoms with Crippen LogP contribution in [0.2, 0.25) is 0 Å². The van der Waals surface area contributed by atoms with Gasteiger partial charge in [-0.05, 0) is 46.4 Å². The maximum Gasteiger partial charge on any atom is 0.320 e. The highest BCUT2D eigenvalue weighted by Crippen LogP contribution is 2.34. The first kappa shape index (κ1) is 34.7. The zero-order valence-electron chi connectivity index (χ0n) is 27.7. The fourth-order valence-electron chi connectivity index (χ4n) is 5.26. The van der Waals surface area contributed by atoms with Crippen molar-refractivity contribution in [3.05, 3.63) is 88.5 Å². The van der Waals surface area contributed by atoms with E-state index in [0.29, 0.717) is 17.7 Å². The molecule has 0 aliphatic heterocycles. The van der Waals surface area contributed by atoms with E-state index in [2.05, 4.69) is 53.8 Å². The maximum atomic E-state index is 14.3. The van der Waals surface area contributed by atoms with Gasteiger partial charge < -0.3 is 10.1 Å². The Labute approximate surface area is 263 Å². The Hall–Kier alpha value is -3.80. The van der Waals surface area contributed by atoms with Gasteiger partial charge in [0, 0.05) is 12.1 Å². The minimum Gasteiger partial charge on any atom is -0.465 e. The van der Waals surface area contributed by atoms with Crippen LogP contribution in [0.3, 0.4) is 0 Å². The van der Waals surface area contributed by atoms with E-state index in [4.69, 9.17) is 4.74 Å². The fourth-order valence-corrected chi connectivity index (χ4v) is 5.26. The lowest BCUT2D eigenvalue weighted by molar-refractivity contribution is -0.149. The minimum atomic E-state index is -1.32. The highest BCUT2D eigenvalue weighted by molar-refractivity contribution is 6.39. The molecule has 0 fully saturated rings. The summed E-state index contributed by atoms with van der Waals surface area (Å²) >= 11 is 0. The van der Waals surface area contributed by atoms with Crippen molar-refractivity contribution in [2.24, 2.45) is 5.92 Å². The molecule has 6 nitrogen and oxygen atoms in total. The van der Waals surface area contributed by atoms with Crippen LogP contribution in [-0.2, 0) is 34.7 Å². The molecule has 2 aromatic carbocycles. The van der Waals surface area contributed by atoms with Crippen LogP contribution < -0.4 is 5.32 Å². The molecule has 1 N–H and O–H groups in total. The zero-order chi connectivity index (χ0) is 32.7. The molecule has 6 heteroatoms. The fraction of sp³-hybridized carbons (Fsp3) is 0.474. The molecule has 0 saturated heterocycles. The molecule has 1 aliphatic rings. The number of nitrogens with one attached hydrogen (secondary N) is 1. The smallest absolute Gasteiger partial charge is 0.320 e. The summed E-state index contributed by atoms with van der Waals surface area (Å²) in [6.45, 7) is 16.9. The molecular formula is C38H49NO5. The number of benzene rings is 2. The summed E-state index contributed by atoms with van der Waals surface area (Å²) in [5, 5.41) is 2.90. The lowest BCUT2D eigenvalue weighted by atomic mass is 9.78. The average Bonchev–Trinajstić information content (AvgIpc) is 2.96. The van der Waals surface area contributed by atoms with Crippen molar-refractivity contribution in [1.82, 2.24) is 5.32 Å². The standard InChI is InChI=1S/C38H49NO5/c1-9-11-12-13-22-39-35(42)31-23-29(25-14-18-27(19-15-25)37(3,4)5)34(41)32(36(43)44-10-2)24-30(33(31)40)26-16-20-28(21-17-26)38(6,7)8/h14-21,23-24,29,32H,9-13,22H2,1-8H3,(H,39,42). The molecule has 2 aromatic rings. The third kappa shape index (κ3) is 8.64. The number of esters is 1. The van der Waals surface area contributed by atoms with Gasteiger partial charge in [-0.1, -0.05) is 128 Å². The van der Waals surface area contributed by atoms with Crippen molar-refractivity contribution < 1.29 is 23.9 Å². The normalized spacial score (nSPS) is 17.7. The number of unbranched alkanes of at least 4 members (excludes halogenated alkanes) is 3. The molecule has 2 unspecified atom stereocenters. The molecule has 0 radical (unpaired) electrons. The van der Waals surface area contributed by atoms with Crippen LogP contribution in [0.1, 0.15) is 109 Å². The maximum absolute atomic E-state index is 14.3. The minimum absolute atomic E-state index is 0.0898. The quantitative estimate of drug-likeness (QED) is 0.133. The van der Waals surface area contributed by atoms with Gasteiger partial charge in [-0.2, -0.15) is 0 Å². The van der Waals surface area contributed by atoms with Crippen molar-refractivity contribution >= 4 is 29.0 Å². The number of allylic oxidation sites excluding steroid dienone is 2. The first-order valence-electron chi connectivity index (χ1n) is 15.9. The summed E-state index contributed by atoms with van der Waals surface area (Å²) in [7, 11) is 0. The summed E-state index contributed by atoms with van der Waals surface area (Å²) in [4.78, 5) is 55.4. The molecule has 0 aromatic heterocycles. The van der Waals surface area contributed by atoms with E-state index in [9.17, 15) is 19.2 Å². The summed E-state index contributed by atoms with van der Waals surface area (Å²) < 4.78 is 5.32. The molecule has 2 atom stereocenters. The van der Waals surface area contributed by atoms with Gasteiger partial charge in [0.2, 0.25) is 0 Å². The monoisotopic (exact) mass is 599 g/mol. The molecule has 0 spiro atoms. The van der Waals surface area contributed by atoms with E-state index >= 15 is 0 Å². The summed E-state index contributed by atoms with van der Waals surface area (Å²) in [6.07, 6.45) is 6.73. The Morgan fingerprint density at radius 1 is 0.773 bits per heavy atom. The van der Waals surface area contributed by atoms with Gasteiger partial charge in [-0.3, -0.25) is 19.2 Å². The zero-order valence-corrected chi connectivity index (χ0v) is 27.7. The number of carbonyl (C=O) groups is 4. The number of hydrogen-bond acceptors (Lipinski definition) is 5. The number of carbonyl (C=O) groups excluding carboxylic acids is 4. The Balaban J connectivity index is 2.17. The first-order valence-corrected chi connectivity index (χ1v) is 15.9. The summed E-state index contributed by atoms with van der Waals surface area (Å²) in [5.74, 6) is -4.54. The van der Waals surface area contributed by atoms with E-state index in [0.717, 1.165) is 36.8 Å². The van der Waals surface area contributed by atoms with Crippen LogP contribution in [0.5, 0.6) is 0 Å². The number of Topliss-reactive ketones (excluding diaryl/α,β-unsaturated/α-hetero) is 2. The van der Waals surface area contributed by atoms with Crippen molar-refractivity contribution in [2.75, 3.05) is 13.2 Å². The highest BCUT2D eigenvalue weighted by atomic mass is 16.5. The van der Waals surface area contributed by atoms with Crippen molar-refractivity contribution in [1.29, 1.82) is 0 Å². The number of amides is 1. The molecule has 1 amide bonds. The Bertz CT molecular complexity index is 1400. The summed E-state index contributed by atoms with van der Waals surface area (Å²) in [6, 6.07) is 15.0. The van der Waals surface area contributed by atoms with Gasteiger partial charge in [-0.25, -0.2) is 0 Å². The topological polar surface area (TPSA) is 89.5 Å². The van der Waals surface area contributed by atoms with Crippen molar-refractivity contribution in [2.45, 2.75) is 97.8 Å². The van der Waals surface area contributed by atoms with Crippen molar-refractivity contribution in [3.8, 4) is 0 Å². The van der Waals surface area contributed by atoms with E-state index in [1.165, 1.54) is 12.2 Å². The molecule has 0 heterocycles. The van der Waals surface area contributed by atoms with E-state index in [1.807, 2.05) is 48.5 Å². The lowest BCUT2D eigenvalue weighted by Gasteiger charge is -2.24. The Morgan fingerprint density at radius 3 is 1.86 bits per heavy atom. The number of ketones is 2. The largest absolute Gasteiger partial charge is 0.465 e. The van der Waals surface area contributed by atoms with Crippen LogP contribution in [-0.4, -0.2) is 36.6 Å². The van der Waals surface area contributed by atoms with Crippen LogP contribution in [0.4, 0.5) is 0 Å². The third-order valence-electron chi connectivity index (χ3n) is 8.07. The van der Waals surface area contributed by atoms with E-state index in [1.54, 1.807) is 6.92 Å². The molecule has 0 saturated carbocycles.